The largest absolute Gasteiger partial charge is 0.329 e. The van der Waals surface area contributed by atoms with Crippen LogP contribution in [0, 0.1) is 11.6 Å². The first-order chi connectivity index (χ1) is 9.65. The summed E-state index contributed by atoms with van der Waals surface area (Å²) < 4.78 is 26.4. The molecule has 2 N–H and O–H groups in total. The molecule has 1 saturated heterocycles. The Hall–Kier alpha value is -1.04. The molecule has 0 saturated carbocycles. The second kappa shape index (κ2) is 7.11. The molecule has 0 aromatic heterocycles. The minimum Gasteiger partial charge on any atom is -0.329 e. The van der Waals surface area contributed by atoms with E-state index in [2.05, 4.69) is 16.7 Å². The molecule has 2 rings (SSSR count). The van der Waals surface area contributed by atoms with Gasteiger partial charge in [0.25, 0.3) is 0 Å². The average Bonchev–Trinajstić information content (AvgIpc) is 2.46. The van der Waals surface area contributed by atoms with Crippen LogP contribution < -0.4 is 5.73 Å². The van der Waals surface area contributed by atoms with E-state index in [1.165, 1.54) is 12.1 Å². The molecular weight excluding hydrogens is 260 g/mol. The zero-order valence-corrected chi connectivity index (χ0v) is 12.0. The highest BCUT2D eigenvalue weighted by molar-refractivity contribution is 5.22. The summed E-state index contributed by atoms with van der Waals surface area (Å²) >= 11 is 0. The van der Waals surface area contributed by atoms with Crippen LogP contribution in [-0.4, -0.2) is 49.1 Å². The lowest BCUT2D eigenvalue weighted by Gasteiger charge is -2.39. The molecule has 3 nitrogen and oxygen atoms in total. The van der Waals surface area contributed by atoms with Crippen LogP contribution >= 0.6 is 0 Å². The maximum atomic E-state index is 13.4. The van der Waals surface area contributed by atoms with Gasteiger partial charge in [0, 0.05) is 38.8 Å². The summed E-state index contributed by atoms with van der Waals surface area (Å²) in [6.07, 6.45) is 1.16. The maximum Gasteiger partial charge on any atom is 0.159 e. The Morgan fingerprint density at radius 3 is 2.40 bits per heavy atom. The Kier molecular flexibility index (Phi) is 5.46. The fourth-order valence-electron chi connectivity index (χ4n) is 2.83. The Labute approximate surface area is 119 Å². The number of benzene rings is 1. The van der Waals surface area contributed by atoms with Gasteiger partial charge in [-0.1, -0.05) is 13.0 Å². The molecule has 1 fully saturated rings. The first-order valence-electron chi connectivity index (χ1n) is 7.27. The van der Waals surface area contributed by atoms with Gasteiger partial charge >= 0.3 is 0 Å². The van der Waals surface area contributed by atoms with Crippen molar-refractivity contribution in [3.63, 3.8) is 0 Å². The SMILES string of the molecule is CCCN1CCN(C(CN)c2ccc(F)c(F)c2)CC1. The lowest BCUT2D eigenvalue weighted by Crippen LogP contribution is -2.49. The fraction of sp³-hybridized carbons (Fsp3) is 0.600. The molecule has 0 spiro atoms. The van der Waals surface area contributed by atoms with Crippen LogP contribution in [0.25, 0.3) is 0 Å². The molecule has 112 valence electrons. The molecule has 1 aliphatic rings. The summed E-state index contributed by atoms with van der Waals surface area (Å²) in [5.41, 5.74) is 6.61. The standard InChI is InChI=1S/C15H23F2N3/c1-2-5-19-6-8-20(9-7-19)15(11-18)12-3-4-13(16)14(17)10-12/h3-4,10,15H,2,5-9,11,18H2,1H3. The lowest BCUT2D eigenvalue weighted by molar-refractivity contribution is 0.0984. The number of piperazine rings is 1. The first-order valence-corrected chi connectivity index (χ1v) is 7.27. The number of nitrogens with zero attached hydrogens (tertiary/aromatic N) is 2. The predicted octanol–water partition coefficient (Wildman–Crippen LogP) is 1.99. The van der Waals surface area contributed by atoms with Crippen molar-refractivity contribution < 1.29 is 8.78 Å². The molecule has 1 unspecified atom stereocenters. The molecule has 1 aliphatic heterocycles. The Balaban J connectivity index is 2.03. The third-order valence-electron chi connectivity index (χ3n) is 3.94. The quantitative estimate of drug-likeness (QED) is 0.897. The van der Waals surface area contributed by atoms with Crippen molar-refractivity contribution in [2.45, 2.75) is 19.4 Å². The zero-order chi connectivity index (χ0) is 14.5. The normalized spacial score (nSPS) is 19.2. The van der Waals surface area contributed by atoms with Gasteiger partial charge in [0.05, 0.1) is 0 Å². The summed E-state index contributed by atoms with van der Waals surface area (Å²) in [5.74, 6) is -1.61. The van der Waals surface area contributed by atoms with Gasteiger partial charge in [0.15, 0.2) is 11.6 Å². The number of halogens is 2. The molecule has 0 radical (unpaired) electrons. The van der Waals surface area contributed by atoms with E-state index in [9.17, 15) is 8.78 Å². The highest BCUT2D eigenvalue weighted by atomic mass is 19.2. The predicted molar refractivity (Wildman–Crippen MR) is 76.5 cm³/mol. The smallest absolute Gasteiger partial charge is 0.159 e. The lowest BCUT2D eigenvalue weighted by atomic mass is 10.0. The molecule has 0 amide bonds. The number of hydrogen-bond donors (Lipinski definition) is 1. The van der Waals surface area contributed by atoms with Gasteiger partial charge in [-0.3, -0.25) is 4.90 Å². The van der Waals surface area contributed by atoms with E-state index < -0.39 is 11.6 Å². The maximum absolute atomic E-state index is 13.4. The van der Waals surface area contributed by atoms with Crippen molar-refractivity contribution in [1.82, 2.24) is 9.80 Å². The van der Waals surface area contributed by atoms with Gasteiger partial charge in [-0.25, -0.2) is 8.78 Å². The molecule has 1 atom stereocenters. The molecule has 1 aromatic carbocycles. The van der Waals surface area contributed by atoms with E-state index in [4.69, 9.17) is 5.73 Å². The highest BCUT2D eigenvalue weighted by Gasteiger charge is 2.24. The Morgan fingerprint density at radius 1 is 1.15 bits per heavy atom. The van der Waals surface area contributed by atoms with Gasteiger partial charge in [-0.15, -0.1) is 0 Å². The van der Waals surface area contributed by atoms with E-state index in [0.717, 1.165) is 44.7 Å². The molecule has 5 heteroatoms. The van der Waals surface area contributed by atoms with Crippen molar-refractivity contribution in [1.29, 1.82) is 0 Å². The van der Waals surface area contributed by atoms with Crippen molar-refractivity contribution in [3.05, 3.63) is 35.4 Å². The van der Waals surface area contributed by atoms with Crippen molar-refractivity contribution >= 4 is 0 Å². The van der Waals surface area contributed by atoms with Crippen LogP contribution in [-0.2, 0) is 0 Å². The Bertz CT molecular complexity index is 431. The van der Waals surface area contributed by atoms with Crippen molar-refractivity contribution in [2.75, 3.05) is 39.3 Å². The van der Waals surface area contributed by atoms with Crippen LogP contribution in [0.15, 0.2) is 18.2 Å². The van der Waals surface area contributed by atoms with Gasteiger partial charge in [-0.05, 0) is 30.7 Å². The van der Waals surface area contributed by atoms with E-state index in [1.807, 2.05) is 0 Å². The van der Waals surface area contributed by atoms with E-state index in [0.29, 0.717) is 6.54 Å². The average molecular weight is 283 g/mol. The minimum absolute atomic E-state index is 0.0334. The summed E-state index contributed by atoms with van der Waals surface area (Å²) in [6, 6.07) is 4.05. The van der Waals surface area contributed by atoms with Gasteiger partial charge in [-0.2, -0.15) is 0 Å². The number of rotatable bonds is 5. The molecule has 20 heavy (non-hydrogen) atoms. The molecular formula is C15H23F2N3. The molecule has 0 bridgehead atoms. The first kappa shape index (κ1) is 15.4. The number of hydrogen-bond acceptors (Lipinski definition) is 3. The van der Waals surface area contributed by atoms with Crippen LogP contribution in [0.4, 0.5) is 8.78 Å². The highest BCUT2D eigenvalue weighted by Crippen LogP contribution is 2.23. The van der Waals surface area contributed by atoms with Crippen LogP contribution in [0.1, 0.15) is 24.9 Å². The van der Waals surface area contributed by atoms with Crippen LogP contribution in [0.5, 0.6) is 0 Å². The van der Waals surface area contributed by atoms with E-state index >= 15 is 0 Å². The van der Waals surface area contributed by atoms with Crippen LogP contribution in [0.2, 0.25) is 0 Å². The minimum atomic E-state index is -0.808. The summed E-state index contributed by atoms with van der Waals surface area (Å²) in [6.45, 7) is 7.56. The van der Waals surface area contributed by atoms with Crippen molar-refractivity contribution in [3.8, 4) is 0 Å². The van der Waals surface area contributed by atoms with Crippen LogP contribution in [0.3, 0.4) is 0 Å². The van der Waals surface area contributed by atoms with E-state index in [-0.39, 0.29) is 6.04 Å². The number of nitrogens with two attached hydrogens (primary N) is 1. The van der Waals surface area contributed by atoms with Crippen molar-refractivity contribution in [2.24, 2.45) is 5.73 Å². The van der Waals surface area contributed by atoms with Gasteiger partial charge < -0.3 is 10.6 Å². The van der Waals surface area contributed by atoms with E-state index in [1.54, 1.807) is 6.07 Å². The van der Waals surface area contributed by atoms with Gasteiger partial charge in [0.1, 0.15) is 0 Å². The second-order valence-electron chi connectivity index (χ2n) is 5.30. The Morgan fingerprint density at radius 2 is 1.85 bits per heavy atom. The molecule has 1 heterocycles. The summed E-state index contributed by atoms with van der Waals surface area (Å²) in [5, 5.41) is 0. The monoisotopic (exact) mass is 283 g/mol. The third kappa shape index (κ3) is 3.53. The second-order valence-corrected chi connectivity index (χ2v) is 5.30. The topological polar surface area (TPSA) is 32.5 Å². The summed E-state index contributed by atoms with van der Waals surface area (Å²) in [7, 11) is 0. The molecule has 0 aliphatic carbocycles. The zero-order valence-electron chi connectivity index (χ0n) is 12.0. The van der Waals surface area contributed by atoms with Gasteiger partial charge in [0.2, 0.25) is 0 Å². The third-order valence-corrected chi connectivity index (χ3v) is 3.94. The molecule has 1 aromatic rings. The fourth-order valence-corrected chi connectivity index (χ4v) is 2.83. The summed E-state index contributed by atoms with van der Waals surface area (Å²) in [4.78, 5) is 4.69.